The van der Waals surface area contributed by atoms with Gasteiger partial charge in [-0.25, -0.2) is 4.98 Å². The molecule has 0 amide bonds. The minimum absolute atomic E-state index is 0.0468. The first-order valence-corrected chi connectivity index (χ1v) is 7.30. The average Bonchev–Trinajstić information content (AvgIpc) is 2.81. The number of fused-ring (bicyclic) bond motifs is 1. The van der Waals surface area contributed by atoms with Crippen molar-refractivity contribution in [3.63, 3.8) is 0 Å². The number of aromatic nitrogens is 1. The monoisotopic (exact) mass is 310 g/mol. The van der Waals surface area contributed by atoms with Crippen molar-refractivity contribution in [1.82, 2.24) is 9.88 Å². The highest BCUT2D eigenvalue weighted by Gasteiger charge is 2.25. The number of nitro benzene ring substituents is 1. The summed E-state index contributed by atoms with van der Waals surface area (Å²) in [6.07, 6.45) is 0. The van der Waals surface area contributed by atoms with Gasteiger partial charge in [-0.05, 0) is 33.2 Å². The Kier molecular flexibility index (Phi) is 4.40. The number of aliphatic hydroxyl groups is 1. The molecule has 0 fully saturated rings. The summed E-state index contributed by atoms with van der Waals surface area (Å²) in [4.78, 5) is 16.8. The summed E-state index contributed by atoms with van der Waals surface area (Å²) < 4.78 is 0.771. The molecule has 0 saturated heterocycles. The molecule has 8 heteroatoms. The first-order valence-electron chi connectivity index (χ1n) is 6.42. The van der Waals surface area contributed by atoms with Crippen LogP contribution in [0.2, 0.25) is 0 Å². The molecule has 1 unspecified atom stereocenters. The Balaban J connectivity index is 2.26. The van der Waals surface area contributed by atoms with E-state index in [1.165, 1.54) is 11.3 Å². The Morgan fingerprint density at radius 3 is 2.86 bits per heavy atom. The van der Waals surface area contributed by atoms with Crippen LogP contribution in [-0.4, -0.2) is 52.7 Å². The number of benzene rings is 1. The van der Waals surface area contributed by atoms with Crippen molar-refractivity contribution in [2.75, 3.05) is 32.5 Å². The molecule has 2 N–H and O–H groups in total. The molecule has 2 rings (SSSR count). The van der Waals surface area contributed by atoms with Crippen LogP contribution >= 0.6 is 11.3 Å². The van der Waals surface area contributed by atoms with E-state index < -0.39 is 10.5 Å². The normalized spacial score (nSPS) is 14.3. The van der Waals surface area contributed by atoms with Gasteiger partial charge in [0.1, 0.15) is 5.69 Å². The van der Waals surface area contributed by atoms with Crippen LogP contribution in [-0.2, 0) is 0 Å². The molecule has 0 spiro atoms. The van der Waals surface area contributed by atoms with Crippen LogP contribution in [0.25, 0.3) is 10.2 Å². The van der Waals surface area contributed by atoms with Crippen molar-refractivity contribution in [3.8, 4) is 0 Å². The van der Waals surface area contributed by atoms with E-state index in [1.807, 2.05) is 19.0 Å². The van der Waals surface area contributed by atoms with Crippen LogP contribution < -0.4 is 5.32 Å². The molecule has 2 aromatic rings. The average molecular weight is 310 g/mol. The summed E-state index contributed by atoms with van der Waals surface area (Å²) in [7, 11) is 3.72. The van der Waals surface area contributed by atoms with Gasteiger partial charge in [0.2, 0.25) is 0 Å². The molecule has 7 nitrogen and oxygen atoms in total. The Morgan fingerprint density at radius 2 is 2.24 bits per heavy atom. The first-order chi connectivity index (χ1) is 9.80. The second-order valence-electron chi connectivity index (χ2n) is 5.51. The maximum absolute atomic E-state index is 11.3. The second kappa shape index (κ2) is 5.92. The summed E-state index contributed by atoms with van der Waals surface area (Å²) in [5.41, 5.74) is 1.30. The fourth-order valence-corrected chi connectivity index (χ4v) is 2.95. The van der Waals surface area contributed by atoms with E-state index in [1.54, 1.807) is 24.6 Å². The topological polar surface area (TPSA) is 91.5 Å². The SMILES string of the molecule is CN(C)CC(C)(O)CNc1ccc2scnc2c1[N+](=O)[O-]. The molecule has 1 aromatic heterocycles. The lowest BCUT2D eigenvalue weighted by Gasteiger charge is -2.27. The van der Waals surface area contributed by atoms with Crippen molar-refractivity contribution < 1.29 is 10.0 Å². The Morgan fingerprint density at radius 1 is 1.52 bits per heavy atom. The second-order valence-corrected chi connectivity index (χ2v) is 6.39. The van der Waals surface area contributed by atoms with E-state index in [-0.39, 0.29) is 12.2 Å². The Bertz CT molecular complexity index is 654. The Hall–Kier alpha value is -1.77. The van der Waals surface area contributed by atoms with Gasteiger partial charge in [0.25, 0.3) is 0 Å². The summed E-state index contributed by atoms with van der Waals surface area (Å²) in [6, 6.07) is 3.45. The molecule has 0 saturated carbocycles. The van der Waals surface area contributed by atoms with Gasteiger partial charge < -0.3 is 15.3 Å². The van der Waals surface area contributed by atoms with E-state index >= 15 is 0 Å². The number of nitrogens with one attached hydrogen (secondary N) is 1. The van der Waals surface area contributed by atoms with Gasteiger partial charge in [-0.3, -0.25) is 10.1 Å². The molecule has 1 heterocycles. The van der Waals surface area contributed by atoms with E-state index in [2.05, 4.69) is 10.3 Å². The highest BCUT2D eigenvalue weighted by atomic mass is 32.1. The van der Waals surface area contributed by atoms with Gasteiger partial charge in [0, 0.05) is 13.1 Å². The van der Waals surface area contributed by atoms with Gasteiger partial charge in [-0.2, -0.15) is 0 Å². The number of hydrogen-bond donors (Lipinski definition) is 2. The van der Waals surface area contributed by atoms with Crippen LogP contribution in [0.3, 0.4) is 0 Å². The fraction of sp³-hybridized carbons (Fsp3) is 0.462. The smallest absolute Gasteiger partial charge is 0.319 e. The number of thiazole rings is 1. The molecule has 1 atom stereocenters. The number of anilines is 1. The lowest BCUT2D eigenvalue weighted by Crippen LogP contribution is -2.43. The van der Waals surface area contributed by atoms with Crippen molar-refractivity contribution in [3.05, 3.63) is 27.8 Å². The molecule has 0 bridgehead atoms. The van der Waals surface area contributed by atoms with Gasteiger partial charge in [-0.15, -0.1) is 11.3 Å². The quantitative estimate of drug-likeness (QED) is 0.626. The molecule has 1 aromatic carbocycles. The molecular weight excluding hydrogens is 292 g/mol. The predicted molar refractivity (Wildman–Crippen MR) is 83.9 cm³/mol. The van der Waals surface area contributed by atoms with Crippen molar-refractivity contribution in [2.45, 2.75) is 12.5 Å². The van der Waals surface area contributed by atoms with Crippen LogP contribution in [0.15, 0.2) is 17.6 Å². The minimum atomic E-state index is -0.992. The maximum atomic E-state index is 11.3. The lowest BCUT2D eigenvalue weighted by atomic mass is 10.1. The first kappa shape index (κ1) is 15.6. The van der Waals surface area contributed by atoms with Gasteiger partial charge in [0.05, 0.1) is 20.7 Å². The lowest BCUT2D eigenvalue weighted by molar-refractivity contribution is -0.382. The zero-order valence-corrected chi connectivity index (χ0v) is 13.0. The molecule has 0 aliphatic rings. The third kappa shape index (κ3) is 3.66. The third-order valence-corrected chi connectivity index (χ3v) is 3.77. The van der Waals surface area contributed by atoms with E-state index in [0.29, 0.717) is 17.7 Å². The van der Waals surface area contributed by atoms with Crippen molar-refractivity contribution in [1.29, 1.82) is 0 Å². The number of rotatable bonds is 6. The highest BCUT2D eigenvalue weighted by Crippen LogP contribution is 2.34. The van der Waals surface area contributed by atoms with E-state index in [9.17, 15) is 15.2 Å². The van der Waals surface area contributed by atoms with Crippen LogP contribution in [0.5, 0.6) is 0 Å². The summed E-state index contributed by atoms with van der Waals surface area (Å²) in [5.74, 6) is 0. The molecule has 0 aliphatic carbocycles. The zero-order chi connectivity index (χ0) is 15.6. The number of likely N-dealkylation sites (N-methyl/N-ethyl adjacent to an activating group) is 1. The molecule has 114 valence electrons. The van der Waals surface area contributed by atoms with Crippen LogP contribution in [0, 0.1) is 10.1 Å². The number of nitro groups is 1. The summed E-state index contributed by atoms with van der Waals surface area (Å²) in [6.45, 7) is 2.35. The molecule has 21 heavy (non-hydrogen) atoms. The zero-order valence-electron chi connectivity index (χ0n) is 12.2. The minimum Gasteiger partial charge on any atom is -0.387 e. The predicted octanol–water partition coefficient (Wildman–Crippen LogP) is 1.93. The number of nitrogens with zero attached hydrogens (tertiary/aromatic N) is 3. The largest absolute Gasteiger partial charge is 0.387 e. The van der Waals surface area contributed by atoms with Gasteiger partial charge in [-0.1, -0.05) is 0 Å². The number of hydrogen-bond acceptors (Lipinski definition) is 7. The summed E-state index contributed by atoms with van der Waals surface area (Å²) in [5, 5.41) is 24.5. The third-order valence-electron chi connectivity index (χ3n) is 2.97. The van der Waals surface area contributed by atoms with Crippen LogP contribution in [0.4, 0.5) is 11.4 Å². The van der Waals surface area contributed by atoms with E-state index in [4.69, 9.17) is 0 Å². The van der Waals surface area contributed by atoms with Crippen molar-refractivity contribution in [2.24, 2.45) is 0 Å². The maximum Gasteiger partial charge on any atom is 0.319 e. The molecule has 0 aliphatic heterocycles. The molecule has 0 radical (unpaired) electrons. The molecular formula is C13H18N4O3S. The standard InChI is InChI=1S/C13H18N4O3S/c1-13(18,7-16(2)3)6-14-9-4-5-10-11(15-8-21-10)12(9)17(19)20/h4-5,8,14,18H,6-7H2,1-3H3. The van der Waals surface area contributed by atoms with Crippen LogP contribution in [0.1, 0.15) is 6.92 Å². The van der Waals surface area contributed by atoms with Gasteiger partial charge >= 0.3 is 5.69 Å². The fourth-order valence-electron chi connectivity index (χ4n) is 2.27. The summed E-state index contributed by atoms with van der Waals surface area (Å²) >= 11 is 1.36. The van der Waals surface area contributed by atoms with Crippen molar-refractivity contribution >= 4 is 32.9 Å². The van der Waals surface area contributed by atoms with E-state index in [0.717, 1.165) is 4.70 Å². The highest BCUT2D eigenvalue weighted by molar-refractivity contribution is 7.16. The Labute approximate surface area is 126 Å². The van der Waals surface area contributed by atoms with Gasteiger partial charge in [0.15, 0.2) is 5.52 Å².